The highest BCUT2D eigenvalue weighted by molar-refractivity contribution is 7.13. The second-order valence-electron chi connectivity index (χ2n) is 7.02. The normalized spacial score (nSPS) is 14.7. The van der Waals surface area contributed by atoms with Crippen molar-refractivity contribution in [2.75, 3.05) is 11.9 Å². The van der Waals surface area contributed by atoms with Crippen molar-refractivity contribution in [3.8, 4) is 10.4 Å². The minimum atomic E-state index is 0.0150. The molecule has 1 aliphatic rings. The van der Waals surface area contributed by atoms with E-state index in [0.717, 1.165) is 42.7 Å². The van der Waals surface area contributed by atoms with E-state index in [1.807, 2.05) is 35.1 Å². The van der Waals surface area contributed by atoms with E-state index in [0.29, 0.717) is 22.9 Å². The van der Waals surface area contributed by atoms with Crippen molar-refractivity contribution >= 4 is 22.9 Å². The number of thiophene rings is 1. The highest BCUT2D eigenvalue weighted by Crippen LogP contribution is 2.33. The third-order valence-corrected chi connectivity index (χ3v) is 5.93. The molecule has 3 N–H and O–H groups in total. The Morgan fingerprint density at radius 3 is 2.70 bits per heavy atom. The Hall–Kier alpha value is -2.34. The fourth-order valence-corrected chi connectivity index (χ4v) is 4.48. The van der Waals surface area contributed by atoms with E-state index in [9.17, 15) is 4.79 Å². The SMILES string of the molecule is C=C(NCC)Nc1c(C(C)=N)cc(-c2cccs2)c(=O)n1C1CCCCC1. The van der Waals surface area contributed by atoms with Crippen molar-refractivity contribution in [2.45, 2.75) is 52.0 Å². The smallest absolute Gasteiger partial charge is 0.261 e. The summed E-state index contributed by atoms with van der Waals surface area (Å²) >= 11 is 1.56. The molecule has 1 aliphatic carbocycles. The van der Waals surface area contributed by atoms with Gasteiger partial charge in [-0.25, -0.2) is 0 Å². The molecule has 0 saturated heterocycles. The molecule has 27 heavy (non-hydrogen) atoms. The van der Waals surface area contributed by atoms with E-state index in [4.69, 9.17) is 5.41 Å². The van der Waals surface area contributed by atoms with Gasteiger partial charge in [-0.2, -0.15) is 0 Å². The zero-order valence-corrected chi connectivity index (χ0v) is 16.9. The summed E-state index contributed by atoms with van der Waals surface area (Å²) in [6.45, 7) is 8.54. The van der Waals surface area contributed by atoms with Gasteiger partial charge in [0.25, 0.3) is 5.56 Å². The molecule has 3 rings (SSSR count). The first-order chi connectivity index (χ1) is 13.0. The van der Waals surface area contributed by atoms with Crippen LogP contribution in [-0.2, 0) is 0 Å². The third kappa shape index (κ3) is 4.16. The second kappa shape index (κ2) is 8.57. The highest BCUT2D eigenvalue weighted by atomic mass is 32.1. The minimum Gasteiger partial charge on any atom is -0.372 e. The summed E-state index contributed by atoms with van der Waals surface area (Å²) in [5.74, 6) is 1.33. The summed E-state index contributed by atoms with van der Waals surface area (Å²) in [6.07, 6.45) is 5.47. The first-order valence-electron chi connectivity index (χ1n) is 9.61. The van der Waals surface area contributed by atoms with Crippen LogP contribution in [0.25, 0.3) is 10.4 Å². The van der Waals surface area contributed by atoms with E-state index < -0.39 is 0 Å². The maximum absolute atomic E-state index is 13.5. The summed E-state index contributed by atoms with van der Waals surface area (Å²) in [7, 11) is 0. The quantitative estimate of drug-likeness (QED) is 0.591. The summed E-state index contributed by atoms with van der Waals surface area (Å²) in [6, 6.07) is 5.94. The van der Waals surface area contributed by atoms with Gasteiger partial charge in [0, 0.05) is 28.7 Å². The zero-order chi connectivity index (χ0) is 19.4. The van der Waals surface area contributed by atoms with Crippen LogP contribution in [0.2, 0.25) is 0 Å². The van der Waals surface area contributed by atoms with Gasteiger partial charge in [-0.1, -0.05) is 31.9 Å². The fourth-order valence-electron chi connectivity index (χ4n) is 3.75. The van der Waals surface area contributed by atoms with Crippen molar-refractivity contribution in [3.63, 3.8) is 0 Å². The van der Waals surface area contributed by atoms with Crippen molar-refractivity contribution in [1.29, 1.82) is 5.41 Å². The lowest BCUT2D eigenvalue weighted by Crippen LogP contribution is -2.32. The van der Waals surface area contributed by atoms with Gasteiger partial charge < -0.3 is 16.0 Å². The van der Waals surface area contributed by atoms with Crippen molar-refractivity contribution in [1.82, 2.24) is 9.88 Å². The topological polar surface area (TPSA) is 69.9 Å². The van der Waals surface area contributed by atoms with Gasteiger partial charge in [0.05, 0.1) is 11.4 Å². The van der Waals surface area contributed by atoms with Crippen LogP contribution < -0.4 is 16.2 Å². The second-order valence-corrected chi connectivity index (χ2v) is 7.97. The first kappa shape index (κ1) is 19.4. The average molecular weight is 385 g/mol. The Morgan fingerprint density at radius 1 is 1.37 bits per heavy atom. The molecule has 0 bridgehead atoms. The first-order valence-corrected chi connectivity index (χ1v) is 10.5. The summed E-state index contributed by atoms with van der Waals surface area (Å²) in [4.78, 5) is 14.5. The summed E-state index contributed by atoms with van der Waals surface area (Å²) < 4.78 is 1.89. The number of aromatic nitrogens is 1. The third-order valence-electron chi connectivity index (χ3n) is 5.02. The molecule has 0 aromatic carbocycles. The predicted octanol–water partition coefficient (Wildman–Crippen LogP) is 4.96. The zero-order valence-electron chi connectivity index (χ0n) is 16.1. The molecular weight excluding hydrogens is 356 g/mol. The van der Waals surface area contributed by atoms with E-state index in [1.165, 1.54) is 6.42 Å². The van der Waals surface area contributed by atoms with Gasteiger partial charge in [-0.3, -0.25) is 9.36 Å². The maximum atomic E-state index is 13.5. The van der Waals surface area contributed by atoms with E-state index in [-0.39, 0.29) is 11.6 Å². The number of pyridine rings is 1. The maximum Gasteiger partial charge on any atom is 0.261 e. The molecular formula is C21H28N4OS. The van der Waals surface area contributed by atoms with E-state index in [2.05, 4.69) is 17.2 Å². The molecule has 1 fully saturated rings. The Balaban J connectivity index is 2.22. The fraction of sp³-hybridized carbons (Fsp3) is 0.429. The number of anilines is 1. The molecule has 0 unspecified atom stereocenters. The standard InChI is InChI=1S/C21H28N4OS/c1-4-23-15(3)24-20-17(14(2)22)13-18(19-11-8-12-27-19)21(26)25(20)16-9-6-5-7-10-16/h8,11-13,16,22-24H,3-7,9-10H2,1-2H3. The molecule has 0 amide bonds. The summed E-state index contributed by atoms with van der Waals surface area (Å²) in [5.41, 5.74) is 1.88. The Morgan fingerprint density at radius 2 is 2.11 bits per heavy atom. The van der Waals surface area contributed by atoms with Crippen LogP contribution in [0.4, 0.5) is 5.82 Å². The van der Waals surface area contributed by atoms with Gasteiger partial charge >= 0.3 is 0 Å². The molecule has 2 heterocycles. The molecule has 0 radical (unpaired) electrons. The number of rotatable bonds is 7. The van der Waals surface area contributed by atoms with Crippen LogP contribution in [0.15, 0.2) is 40.8 Å². The van der Waals surface area contributed by atoms with Gasteiger partial charge in [-0.15, -0.1) is 11.3 Å². The van der Waals surface area contributed by atoms with Gasteiger partial charge in [-0.05, 0) is 44.2 Å². The molecule has 0 atom stereocenters. The Bertz CT molecular complexity index is 876. The largest absolute Gasteiger partial charge is 0.372 e. The molecule has 5 nitrogen and oxygen atoms in total. The Kier molecular flexibility index (Phi) is 6.16. The molecule has 2 aromatic rings. The van der Waals surface area contributed by atoms with Crippen LogP contribution >= 0.6 is 11.3 Å². The van der Waals surface area contributed by atoms with Crippen LogP contribution in [0.1, 0.15) is 57.6 Å². The highest BCUT2D eigenvalue weighted by Gasteiger charge is 2.25. The molecule has 0 spiro atoms. The monoisotopic (exact) mass is 384 g/mol. The Labute approximate surface area is 164 Å². The lowest BCUT2D eigenvalue weighted by Gasteiger charge is -2.29. The number of nitrogens with one attached hydrogen (secondary N) is 3. The minimum absolute atomic E-state index is 0.0150. The van der Waals surface area contributed by atoms with Gasteiger partial charge in [0.1, 0.15) is 5.82 Å². The van der Waals surface area contributed by atoms with Gasteiger partial charge in [0.2, 0.25) is 0 Å². The number of hydrogen-bond acceptors (Lipinski definition) is 5. The van der Waals surface area contributed by atoms with Crippen LogP contribution in [0.5, 0.6) is 0 Å². The molecule has 1 saturated carbocycles. The van der Waals surface area contributed by atoms with Crippen molar-refractivity contribution in [2.24, 2.45) is 0 Å². The van der Waals surface area contributed by atoms with Crippen molar-refractivity contribution < 1.29 is 0 Å². The predicted molar refractivity (Wildman–Crippen MR) is 115 cm³/mol. The average Bonchev–Trinajstić information content (AvgIpc) is 3.17. The van der Waals surface area contributed by atoms with E-state index >= 15 is 0 Å². The number of nitrogens with zero attached hydrogens (tertiary/aromatic N) is 1. The lowest BCUT2D eigenvalue weighted by atomic mass is 9.94. The number of hydrogen-bond donors (Lipinski definition) is 3. The van der Waals surface area contributed by atoms with Crippen LogP contribution in [0.3, 0.4) is 0 Å². The molecule has 2 aromatic heterocycles. The molecule has 6 heteroatoms. The molecule has 0 aliphatic heterocycles. The van der Waals surface area contributed by atoms with Gasteiger partial charge in [0.15, 0.2) is 0 Å². The van der Waals surface area contributed by atoms with Crippen LogP contribution in [0, 0.1) is 5.41 Å². The molecule has 144 valence electrons. The van der Waals surface area contributed by atoms with Crippen LogP contribution in [-0.4, -0.2) is 16.8 Å². The lowest BCUT2D eigenvalue weighted by molar-refractivity contribution is 0.349. The summed E-state index contributed by atoms with van der Waals surface area (Å²) in [5, 5.41) is 16.8. The van der Waals surface area contributed by atoms with Crippen molar-refractivity contribution in [3.05, 3.63) is 51.9 Å². The van der Waals surface area contributed by atoms with E-state index in [1.54, 1.807) is 18.3 Å².